The zero-order valence-corrected chi connectivity index (χ0v) is 7.19. The Kier molecular flexibility index (Phi) is 4.73. The third-order valence-electron chi connectivity index (χ3n) is 1.59. The summed E-state index contributed by atoms with van der Waals surface area (Å²) in [4.78, 5) is 10.8. The number of rotatable bonds is 4. The molecule has 4 nitrogen and oxygen atoms in total. The molecule has 0 aliphatic rings. The minimum atomic E-state index is -1.29. The average Bonchev–Trinajstić information content (AvgIpc) is 2.03. The van der Waals surface area contributed by atoms with E-state index < -0.39 is 18.8 Å². The second-order valence-electron chi connectivity index (χ2n) is 2.49. The van der Waals surface area contributed by atoms with Crippen LogP contribution in [0.5, 0.6) is 0 Å². The van der Waals surface area contributed by atoms with Gasteiger partial charge in [-0.15, -0.1) is 0 Å². The number of allylic oxidation sites excluding steroid dienone is 1. The van der Waals surface area contributed by atoms with Crippen LogP contribution in [0.15, 0.2) is 11.6 Å². The first-order valence-electron chi connectivity index (χ1n) is 3.68. The Morgan fingerprint density at radius 1 is 1.50 bits per heavy atom. The van der Waals surface area contributed by atoms with Crippen molar-refractivity contribution in [2.75, 3.05) is 6.61 Å². The molecule has 0 aliphatic carbocycles. The molecular formula is C8H14O4. The number of Topliss-reactive ketones (excluding diaryl/α,β-unsaturated/α-hetero) is 1. The summed E-state index contributed by atoms with van der Waals surface area (Å²) in [5.74, 6) is -0.308. The van der Waals surface area contributed by atoms with Crippen molar-refractivity contribution < 1.29 is 20.1 Å². The van der Waals surface area contributed by atoms with Crippen molar-refractivity contribution in [2.24, 2.45) is 0 Å². The Morgan fingerprint density at radius 3 is 2.25 bits per heavy atom. The molecular weight excluding hydrogens is 160 g/mol. The highest BCUT2D eigenvalue weighted by Gasteiger charge is 2.21. The van der Waals surface area contributed by atoms with Crippen LogP contribution in [0.25, 0.3) is 0 Å². The van der Waals surface area contributed by atoms with E-state index >= 15 is 0 Å². The van der Waals surface area contributed by atoms with Crippen molar-refractivity contribution in [2.45, 2.75) is 26.1 Å². The molecule has 0 rings (SSSR count). The minimum absolute atomic E-state index is 0.122. The van der Waals surface area contributed by atoms with Crippen LogP contribution in [0.1, 0.15) is 13.8 Å². The molecule has 0 saturated heterocycles. The molecule has 0 aromatic heterocycles. The average molecular weight is 174 g/mol. The lowest BCUT2D eigenvalue weighted by Crippen LogP contribution is -2.33. The predicted octanol–water partition coefficient (Wildman–Crippen LogP) is -0.764. The molecule has 0 spiro atoms. The van der Waals surface area contributed by atoms with Gasteiger partial charge in [-0.2, -0.15) is 0 Å². The Hall–Kier alpha value is -0.710. The Bertz CT molecular complexity index is 185. The number of carbonyl (C=O) groups is 1. The van der Waals surface area contributed by atoms with Gasteiger partial charge < -0.3 is 15.3 Å². The number of ketones is 1. The van der Waals surface area contributed by atoms with Crippen LogP contribution in [0.4, 0.5) is 0 Å². The van der Waals surface area contributed by atoms with Gasteiger partial charge in [0.1, 0.15) is 12.2 Å². The van der Waals surface area contributed by atoms with Gasteiger partial charge >= 0.3 is 0 Å². The summed E-state index contributed by atoms with van der Waals surface area (Å²) < 4.78 is 0. The van der Waals surface area contributed by atoms with Crippen LogP contribution in [-0.4, -0.2) is 39.9 Å². The Labute approximate surface area is 71.1 Å². The summed E-state index contributed by atoms with van der Waals surface area (Å²) in [6.45, 7) is 2.32. The van der Waals surface area contributed by atoms with Crippen LogP contribution >= 0.6 is 0 Å². The highest BCUT2D eigenvalue weighted by molar-refractivity contribution is 5.94. The summed E-state index contributed by atoms with van der Waals surface area (Å²) in [5, 5.41) is 26.7. The molecule has 2 unspecified atom stereocenters. The molecule has 0 aromatic rings. The molecule has 0 aliphatic heterocycles. The molecule has 70 valence electrons. The predicted molar refractivity (Wildman–Crippen MR) is 43.5 cm³/mol. The molecule has 0 bridgehead atoms. The summed E-state index contributed by atoms with van der Waals surface area (Å²) >= 11 is 0. The number of hydrogen-bond acceptors (Lipinski definition) is 4. The van der Waals surface area contributed by atoms with Crippen molar-refractivity contribution in [3.63, 3.8) is 0 Å². The van der Waals surface area contributed by atoms with Crippen LogP contribution in [0.2, 0.25) is 0 Å². The summed E-state index contributed by atoms with van der Waals surface area (Å²) in [6, 6.07) is 0. The van der Waals surface area contributed by atoms with Crippen molar-refractivity contribution in [3.8, 4) is 0 Å². The van der Waals surface area contributed by atoms with E-state index in [0.29, 0.717) is 0 Å². The molecule has 0 heterocycles. The van der Waals surface area contributed by atoms with E-state index in [1.165, 1.54) is 13.0 Å². The quantitative estimate of drug-likeness (QED) is 0.489. The standard InChI is InChI=1S/C8H14O4/c1-3-6(5(2)10)8(12)7(11)4-9/h3,7-9,11-12H,4H2,1-2H3. The first-order chi connectivity index (χ1) is 5.54. The molecule has 12 heavy (non-hydrogen) atoms. The van der Waals surface area contributed by atoms with Crippen LogP contribution in [-0.2, 0) is 4.79 Å². The zero-order valence-electron chi connectivity index (χ0n) is 7.19. The second-order valence-corrected chi connectivity index (χ2v) is 2.49. The van der Waals surface area contributed by atoms with Crippen LogP contribution in [0.3, 0.4) is 0 Å². The van der Waals surface area contributed by atoms with Crippen molar-refractivity contribution in [3.05, 3.63) is 11.6 Å². The van der Waals surface area contributed by atoms with Gasteiger partial charge in [-0.05, 0) is 13.8 Å². The zero-order chi connectivity index (χ0) is 9.72. The van der Waals surface area contributed by atoms with Gasteiger partial charge in [0.05, 0.1) is 6.61 Å². The fraction of sp³-hybridized carbons (Fsp3) is 0.625. The highest BCUT2D eigenvalue weighted by Crippen LogP contribution is 2.07. The van der Waals surface area contributed by atoms with Crippen molar-refractivity contribution >= 4 is 5.78 Å². The number of hydrogen-bond donors (Lipinski definition) is 3. The van der Waals surface area contributed by atoms with Gasteiger partial charge in [0.25, 0.3) is 0 Å². The van der Waals surface area contributed by atoms with E-state index in [2.05, 4.69) is 0 Å². The van der Waals surface area contributed by atoms with Crippen molar-refractivity contribution in [1.29, 1.82) is 0 Å². The lowest BCUT2D eigenvalue weighted by atomic mass is 10.0. The van der Waals surface area contributed by atoms with Crippen LogP contribution in [0, 0.1) is 0 Å². The molecule has 4 heteroatoms. The first kappa shape index (κ1) is 11.3. The smallest absolute Gasteiger partial charge is 0.158 e. The van der Waals surface area contributed by atoms with E-state index in [1.54, 1.807) is 6.92 Å². The largest absolute Gasteiger partial charge is 0.394 e. The van der Waals surface area contributed by atoms with Gasteiger partial charge in [-0.25, -0.2) is 0 Å². The van der Waals surface area contributed by atoms with Gasteiger partial charge in [-0.3, -0.25) is 4.79 Å². The highest BCUT2D eigenvalue weighted by atomic mass is 16.4. The fourth-order valence-corrected chi connectivity index (χ4v) is 0.889. The fourth-order valence-electron chi connectivity index (χ4n) is 0.889. The minimum Gasteiger partial charge on any atom is -0.394 e. The molecule has 0 radical (unpaired) electrons. The molecule has 3 N–H and O–H groups in total. The van der Waals surface area contributed by atoms with Crippen LogP contribution < -0.4 is 0 Å². The van der Waals surface area contributed by atoms with Gasteiger partial charge in [-0.1, -0.05) is 6.08 Å². The summed E-state index contributed by atoms with van der Waals surface area (Å²) in [5.41, 5.74) is 0.122. The summed E-state index contributed by atoms with van der Waals surface area (Å²) in [6.07, 6.45) is -1.16. The molecule has 0 aromatic carbocycles. The summed E-state index contributed by atoms with van der Waals surface area (Å²) in [7, 11) is 0. The van der Waals surface area contributed by atoms with E-state index in [0.717, 1.165) is 0 Å². The molecule has 2 atom stereocenters. The van der Waals surface area contributed by atoms with E-state index in [9.17, 15) is 9.90 Å². The van der Waals surface area contributed by atoms with E-state index in [-0.39, 0.29) is 11.4 Å². The topological polar surface area (TPSA) is 77.8 Å². The first-order valence-corrected chi connectivity index (χ1v) is 3.68. The number of carbonyl (C=O) groups excluding carboxylic acids is 1. The second kappa shape index (κ2) is 5.03. The molecule has 0 fully saturated rings. The Morgan fingerprint density at radius 2 is 2.00 bits per heavy atom. The maximum Gasteiger partial charge on any atom is 0.158 e. The normalized spacial score (nSPS) is 17.2. The lowest BCUT2D eigenvalue weighted by Gasteiger charge is -2.16. The van der Waals surface area contributed by atoms with Gasteiger partial charge in [0.15, 0.2) is 5.78 Å². The maximum absolute atomic E-state index is 10.8. The monoisotopic (exact) mass is 174 g/mol. The third-order valence-corrected chi connectivity index (χ3v) is 1.59. The third kappa shape index (κ3) is 2.73. The van der Waals surface area contributed by atoms with Crippen molar-refractivity contribution in [1.82, 2.24) is 0 Å². The lowest BCUT2D eigenvalue weighted by molar-refractivity contribution is -0.115. The maximum atomic E-state index is 10.8. The van der Waals surface area contributed by atoms with E-state index in [1.807, 2.05) is 0 Å². The Balaban J connectivity index is 4.43. The number of aliphatic hydroxyl groups excluding tert-OH is 3. The SMILES string of the molecule is CC=C(C(C)=O)C(O)C(O)CO. The van der Waals surface area contributed by atoms with Gasteiger partial charge in [0, 0.05) is 5.57 Å². The van der Waals surface area contributed by atoms with Gasteiger partial charge in [0.2, 0.25) is 0 Å². The molecule has 0 saturated carbocycles. The molecule has 0 amide bonds. The number of aliphatic hydroxyl groups is 3. The van der Waals surface area contributed by atoms with E-state index in [4.69, 9.17) is 10.2 Å².